The molecule has 154 valence electrons. The Bertz CT molecular complexity index is 1080. The van der Waals surface area contributed by atoms with Crippen LogP contribution in [-0.4, -0.2) is 59.4 Å². The first-order chi connectivity index (χ1) is 13.9. The fourth-order valence-corrected chi connectivity index (χ4v) is 3.18. The van der Waals surface area contributed by atoms with E-state index < -0.39 is 36.7 Å². The third-order valence-corrected chi connectivity index (χ3v) is 4.72. The molecule has 1 aliphatic rings. The Balaban J connectivity index is 1.82. The summed E-state index contributed by atoms with van der Waals surface area (Å²) in [5.41, 5.74) is 5.62. The number of ether oxygens (including phenoxy) is 2. The zero-order valence-electron chi connectivity index (χ0n) is 15.1. The minimum absolute atomic E-state index is 0.0351. The smallest absolute Gasteiger partial charge is 0.301 e. The van der Waals surface area contributed by atoms with Gasteiger partial charge in [-0.15, -0.1) is 0 Å². The average Bonchev–Trinajstić information content (AvgIpc) is 3.22. The fraction of sp³-hybridized carbons (Fsp3) is 0.353. The van der Waals surface area contributed by atoms with Gasteiger partial charge in [0.25, 0.3) is 0 Å². The van der Waals surface area contributed by atoms with Crippen LogP contribution in [0.4, 0.5) is 5.95 Å². The number of aliphatic hydroxyl groups excluding tert-OH is 3. The summed E-state index contributed by atoms with van der Waals surface area (Å²) in [6, 6.07) is 9.11. The van der Waals surface area contributed by atoms with Crippen molar-refractivity contribution in [2.45, 2.75) is 31.1 Å². The van der Waals surface area contributed by atoms with E-state index in [1.807, 2.05) is 30.3 Å². The monoisotopic (exact) mass is 404 g/mol. The lowest BCUT2D eigenvalue weighted by Gasteiger charge is -2.19. The minimum Gasteiger partial charge on any atom is -0.460 e. The van der Waals surface area contributed by atoms with Gasteiger partial charge in [0, 0.05) is 0 Å². The molecule has 1 fully saturated rings. The molecule has 0 aliphatic carbocycles. The van der Waals surface area contributed by atoms with Crippen molar-refractivity contribution >= 4 is 17.1 Å². The molecule has 0 bridgehead atoms. The molecule has 0 unspecified atom stereocenters. The van der Waals surface area contributed by atoms with Crippen molar-refractivity contribution < 1.29 is 24.8 Å². The van der Waals surface area contributed by atoms with Crippen molar-refractivity contribution in [3.05, 3.63) is 46.2 Å². The molecule has 3 heterocycles. The van der Waals surface area contributed by atoms with Crippen molar-refractivity contribution in [1.82, 2.24) is 19.2 Å². The van der Waals surface area contributed by atoms with Crippen LogP contribution >= 0.6 is 0 Å². The summed E-state index contributed by atoms with van der Waals surface area (Å²) in [6.45, 7) is -0.419. The standard InChI is InChI=1S/C17H20N6O6/c18-16-21-13-10(14(27)23(16)19)20-17(28-7-8-4-2-1-3-5-8)22(13)15-12(26)11(25)9(6-24)29-15/h1-5,9,11-12,15,24-26H,6-7,19H2,(H2,18,21)/t9-,11+,12-,15-/m1/s1. The largest absolute Gasteiger partial charge is 0.460 e. The molecule has 12 heteroatoms. The highest BCUT2D eigenvalue weighted by Gasteiger charge is 2.45. The molecule has 1 aliphatic heterocycles. The number of anilines is 1. The zero-order chi connectivity index (χ0) is 20.7. The Labute approximate surface area is 163 Å². The van der Waals surface area contributed by atoms with Gasteiger partial charge >= 0.3 is 11.6 Å². The molecule has 0 saturated carbocycles. The van der Waals surface area contributed by atoms with Gasteiger partial charge in [0.1, 0.15) is 24.9 Å². The Kier molecular flexibility index (Phi) is 4.84. The number of nitrogen functional groups attached to an aromatic ring is 2. The second-order valence-electron chi connectivity index (χ2n) is 6.58. The van der Waals surface area contributed by atoms with Crippen LogP contribution in [0.2, 0.25) is 0 Å². The molecular formula is C17H20N6O6. The summed E-state index contributed by atoms with van der Waals surface area (Å²) in [7, 11) is 0. The highest BCUT2D eigenvalue weighted by molar-refractivity contribution is 5.73. The number of nitrogens with zero attached hydrogens (tertiary/aromatic N) is 4. The minimum atomic E-state index is -1.44. The Morgan fingerprint density at radius 1 is 1.17 bits per heavy atom. The SMILES string of the molecule is Nc1nc2c(nc(OCc3ccccc3)n2[C@@H]2O[C@H](CO)[C@H](O)[C@H]2O)c(=O)n1N. The van der Waals surface area contributed by atoms with Crippen LogP contribution in [-0.2, 0) is 11.3 Å². The summed E-state index contributed by atoms with van der Waals surface area (Å²) in [5.74, 6) is 5.30. The number of imidazole rings is 1. The van der Waals surface area contributed by atoms with Gasteiger partial charge in [-0.25, -0.2) is 4.57 Å². The summed E-state index contributed by atoms with van der Waals surface area (Å²) in [4.78, 5) is 20.7. The van der Waals surface area contributed by atoms with E-state index >= 15 is 0 Å². The van der Waals surface area contributed by atoms with Crippen LogP contribution in [0, 0.1) is 0 Å². The zero-order valence-corrected chi connectivity index (χ0v) is 15.1. The second kappa shape index (κ2) is 7.33. The van der Waals surface area contributed by atoms with E-state index in [1.54, 1.807) is 0 Å². The van der Waals surface area contributed by atoms with Crippen molar-refractivity contribution in [1.29, 1.82) is 0 Å². The molecular weight excluding hydrogens is 384 g/mol. The van der Waals surface area contributed by atoms with Gasteiger partial charge in [0.05, 0.1) is 6.61 Å². The maximum Gasteiger partial charge on any atom is 0.301 e. The molecule has 0 radical (unpaired) electrons. The lowest BCUT2D eigenvalue weighted by Crippen LogP contribution is -2.33. The third kappa shape index (κ3) is 3.17. The number of benzene rings is 1. The molecule has 1 aromatic carbocycles. The first-order valence-corrected chi connectivity index (χ1v) is 8.77. The van der Waals surface area contributed by atoms with Crippen molar-refractivity contribution in [2.24, 2.45) is 0 Å². The fourth-order valence-electron chi connectivity index (χ4n) is 3.18. The molecule has 0 amide bonds. The van der Waals surface area contributed by atoms with Crippen LogP contribution in [0.5, 0.6) is 6.01 Å². The molecule has 3 aromatic rings. The third-order valence-electron chi connectivity index (χ3n) is 4.72. The highest BCUT2D eigenvalue weighted by atomic mass is 16.6. The number of fused-ring (bicyclic) bond motifs is 1. The topological polar surface area (TPSA) is 184 Å². The maximum absolute atomic E-state index is 12.5. The Morgan fingerprint density at radius 2 is 1.90 bits per heavy atom. The van der Waals surface area contributed by atoms with Crippen LogP contribution in [0.3, 0.4) is 0 Å². The molecule has 12 nitrogen and oxygen atoms in total. The van der Waals surface area contributed by atoms with Crippen molar-refractivity contribution in [2.75, 3.05) is 18.2 Å². The van der Waals surface area contributed by atoms with Gasteiger partial charge in [-0.3, -0.25) is 4.79 Å². The maximum atomic E-state index is 12.5. The predicted molar refractivity (Wildman–Crippen MR) is 100 cm³/mol. The highest BCUT2D eigenvalue weighted by Crippen LogP contribution is 2.35. The van der Waals surface area contributed by atoms with Gasteiger partial charge in [0.15, 0.2) is 17.4 Å². The summed E-state index contributed by atoms with van der Waals surface area (Å²) in [5, 5.41) is 29.9. The quantitative estimate of drug-likeness (QED) is 0.300. The van der Waals surface area contributed by atoms with Gasteiger partial charge < -0.3 is 36.4 Å². The average molecular weight is 404 g/mol. The summed E-state index contributed by atoms with van der Waals surface area (Å²) in [6.07, 6.45) is -5.07. The van der Waals surface area contributed by atoms with Crippen LogP contribution in [0.1, 0.15) is 11.8 Å². The number of aromatic nitrogens is 4. The van der Waals surface area contributed by atoms with E-state index in [1.165, 1.54) is 4.57 Å². The van der Waals surface area contributed by atoms with E-state index in [-0.39, 0.29) is 29.7 Å². The molecule has 7 N–H and O–H groups in total. The number of rotatable bonds is 5. The molecule has 4 rings (SSSR count). The van der Waals surface area contributed by atoms with Gasteiger partial charge in [-0.05, 0) is 5.56 Å². The lowest BCUT2D eigenvalue weighted by atomic mass is 10.1. The van der Waals surface area contributed by atoms with E-state index in [0.29, 0.717) is 4.68 Å². The molecule has 29 heavy (non-hydrogen) atoms. The number of nitrogens with two attached hydrogens (primary N) is 2. The number of aliphatic hydroxyl groups is 3. The van der Waals surface area contributed by atoms with E-state index in [2.05, 4.69) is 9.97 Å². The molecule has 2 aromatic heterocycles. The Morgan fingerprint density at radius 3 is 2.55 bits per heavy atom. The van der Waals surface area contributed by atoms with Crippen molar-refractivity contribution in [3.63, 3.8) is 0 Å². The first kappa shape index (κ1) is 19.1. The summed E-state index contributed by atoms with van der Waals surface area (Å²) < 4.78 is 13.2. The second-order valence-corrected chi connectivity index (χ2v) is 6.58. The van der Waals surface area contributed by atoms with Gasteiger partial charge in [-0.2, -0.15) is 14.6 Å². The first-order valence-electron chi connectivity index (χ1n) is 8.77. The van der Waals surface area contributed by atoms with E-state index in [0.717, 1.165) is 5.56 Å². The Hall–Kier alpha value is -3.19. The number of hydrogen-bond donors (Lipinski definition) is 5. The molecule has 0 spiro atoms. The van der Waals surface area contributed by atoms with Crippen LogP contribution < -0.4 is 21.9 Å². The van der Waals surface area contributed by atoms with Gasteiger partial charge in [-0.1, -0.05) is 30.3 Å². The predicted octanol–water partition coefficient (Wildman–Crippen LogP) is -1.92. The van der Waals surface area contributed by atoms with Crippen molar-refractivity contribution in [3.8, 4) is 6.01 Å². The van der Waals surface area contributed by atoms with E-state index in [9.17, 15) is 20.1 Å². The normalized spacial score (nSPS) is 24.2. The summed E-state index contributed by atoms with van der Waals surface area (Å²) >= 11 is 0. The van der Waals surface area contributed by atoms with Crippen LogP contribution in [0.15, 0.2) is 35.1 Å². The molecule has 1 saturated heterocycles. The van der Waals surface area contributed by atoms with Crippen LogP contribution in [0.25, 0.3) is 11.2 Å². The van der Waals surface area contributed by atoms with Gasteiger partial charge in [0.2, 0.25) is 5.95 Å². The number of hydrogen-bond acceptors (Lipinski definition) is 10. The molecule has 4 atom stereocenters. The lowest BCUT2D eigenvalue weighted by molar-refractivity contribution is -0.0545. The van der Waals surface area contributed by atoms with E-state index in [4.69, 9.17) is 21.1 Å².